The summed E-state index contributed by atoms with van der Waals surface area (Å²) in [5, 5.41) is 3.25. The monoisotopic (exact) mass is 228 g/mol. The molecule has 12 heavy (non-hydrogen) atoms. The molecule has 64 valence electrons. The molecule has 1 aromatic heterocycles. The first-order chi connectivity index (χ1) is 5.75. The molecule has 1 aromatic rings. The third-order valence-corrected chi connectivity index (χ3v) is 2.26. The molecule has 1 aliphatic carbocycles. The van der Waals surface area contributed by atoms with Crippen LogP contribution in [0.25, 0.3) is 0 Å². The fraction of sp³-hybridized carbons (Fsp3) is 0.429. The maximum Gasteiger partial charge on any atom is 0.221 e. The highest BCUT2D eigenvalue weighted by Crippen LogP contribution is 2.27. The number of nitrogen functional groups attached to an aromatic ring is 1. The van der Waals surface area contributed by atoms with Crippen LogP contribution in [-0.2, 0) is 0 Å². The predicted octanol–water partition coefficient (Wildman–Crippen LogP) is 1.40. The number of rotatable bonds is 2. The van der Waals surface area contributed by atoms with Gasteiger partial charge in [0.05, 0.1) is 4.47 Å². The molecule has 1 saturated carbocycles. The van der Waals surface area contributed by atoms with E-state index in [0.29, 0.717) is 12.0 Å². The molecule has 1 fully saturated rings. The molecule has 0 atom stereocenters. The first-order valence-corrected chi connectivity index (χ1v) is 4.59. The predicted molar refractivity (Wildman–Crippen MR) is 50.8 cm³/mol. The van der Waals surface area contributed by atoms with Gasteiger partial charge < -0.3 is 11.1 Å². The average molecular weight is 229 g/mol. The zero-order valence-electron chi connectivity index (χ0n) is 6.42. The summed E-state index contributed by atoms with van der Waals surface area (Å²) in [5.41, 5.74) is 5.44. The normalized spacial score (nSPS) is 16.1. The van der Waals surface area contributed by atoms with Gasteiger partial charge in [-0.25, -0.2) is 4.98 Å². The van der Waals surface area contributed by atoms with Gasteiger partial charge in [0.1, 0.15) is 5.82 Å². The van der Waals surface area contributed by atoms with E-state index in [1.807, 2.05) is 0 Å². The van der Waals surface area contributed by atoms with Crippen LogP contribution in [0, 0.1) is 0 Å². The summed E-state index contributed by atoms with van der Waals surface area (Å²) >= 11 is 3.34. The molecular weight excluding hydrogens is 220 g/mol. The SMILES string of the molecule is Nc1ncc(Br)c(NC2CC2)n1. The summed E-state index contributed by atoms with van der Waals surface area (Å²) < 4.78 is 0.864. The van der Waals surface area contributed by atoms with E-state index in [4.69, 9.17) is 5.73 Å². The number of nitrogens with zero attached hydrogens (tertiary/aromatic N) is 2. The molecule has 0 aromatic carbocycles. The molecule has 0 bridgehead atoms. The lowest BCUT2D eigenvalue weighted by molar-refractivity contribution is 1.08. The third kappa shape index (κ3) is 1.66. The van der Waals surface area contributed by atoms with Crippen molar-refractivity contribution in [3.05, 3.63) is 10.7 Å². The van der Waals surface area contributed by atoms with Crippen LogP contribution >= 0.6 is 15.9 Å². The van der Waals surface area contributed by atoms with Crippen LogP contribution in [0.3, 0.4) is 0 Å². The summed E-state index contributed by atoms with van der Waals surface area (Å²) in [6, 6.07) is 0.579. The van der Waals surface area contributed by atoms with E-state index < -0.39 is 0 Å². The quantitative estimate of drug-likeness (QED) is 0.804. The Hall–Kier alpha value is -0.840. The standard InChI is InChI=1S/C7H9BrN4/c8-5-3-10-7(9)12-6(5)11-4-1-2-4/h3-4H,1-2H2,(H3,9,10,11,12). The molecule has 0 spiro atoms. The van der Waals surface area contributed by atoms with Gasteiger partial charge in [0, 0.05) is 12.2 Å². The van der Waals surface area contributed by atoms with Gasteiger partial charge in [0.2, 0.25) is 5.95 Å². The molecule has 0 radical (unpaired) electrons. The summed E-state index contributed by atoms with van der Waals surface area (Å²) in [4.78, 5) is 7.91. The average Bonchev–Trinajstić information content (AvgIpc) is 2.81. The lowest BCUT2D eigenvalue weighted by atomic mass is 10.5. The van der Waals surface area contributed by atoms with E-state index >= 15 is 0 Å². The van der Waals surface area contributed by atoms with Gasteiger partial charge in [0.25, 0.3) is 0 Å². The molecule has 1 heterocycles. The molecule has 3 N–H and O–H groups in total. The van der Waals surface area contributed by atoms with Crippen molar-refractivity contribution in [1.29, 1.82) is 0 Å². The fourth-order valence-corrected chi connectivity index (χ4v) is 1.21. The molecule has 4 nitrogen and oxygen atoms in total. The summed E-state index contributed by atoms with van der Waals surface area (Å²) in [7, 11) is 0. The Kier molecular flexibility index (Phi) is 1.88. The molecule has 2 rings (SSSR count). The minimum Gasteiger partial charge on any atom is -0.368 e. The highest BCUT2D eigenvalue weighted by Gasteiger charge is 2.22. The first-order valence-electron chi connectivity index (χ1n) is 3.80. The molecular formula is C7H9BrN4. The van der Waals surface area contributed by atoms with E-state index in [0.717, 1.165) is 10.3 Å². The van der Waals surface area contributed by atoms with Gasteiger partial charge in [-0.2, -0.15) is 4.98 Å². The summed E-state index contributed by atoms with van der Waals surface area (Å²) in [6.07, 6.45) is 4.10. The van der Waals surface area contributed by atoms with Crippen molar-refractivity contribution < 1.29 is 0 Å². The van der Waals surface area contributed by atoms with Crippen LogP contribution in [0.15, 0.2) is 10.7 Å². The molecule has 1 aliphatic rings. The Bertz CT molecular complexity index is 297. The Morgan fingerprint density at radius 3 is 3.00 bits per heavy atom. The summed E-state index contributed by atoms with van der Waals surface area (Å²) in [5.74, 6) is 1.10. The van der Waals surface area contributed by atoms with Crippen molar-refractivity contribution in [3.8, 4) is 0 Å². The van der Waals surface area contributed by atoms with E-state index in [9.17, 15) is 0 Å². The van der Waals surface area contributed by atoms with Crippen molar-refractivity contribution in [2.24, 2.45) is 0 Å². The number of hydrogen-bond acceptors (Lipinski definition) is 4. The minimum absolute atomic E-state index is 0.307. The van der Waals surface area contributed by atoms with Crippen LogP contribution in [-0.4, -0.2) is 16.0 Å². The topological polar surface area (TPSA) is 63.8 Å². The first kappa shape index (κ1) is 7.79. The third-order valence-electron chi connectivity index (χ3n) is 1.68. The number of nitrogens with two attached hydrogens (primary N) is 1. The maximum absolute atomic E-state index is 5.44. The fourth-order valence-electron chi connectivity index (χ4n) is 0.903. The zero-order valence-corrected chi connectivity index (χ0v) is 8.00. The van der Waals surface area contributed by atoms with Crippen LogP contribution < -0.4 is 11.1 Å². The second-order valence-corrected chi connectivity index (χ2v) is 3.70. The van der Waals surface area contributed by atoms with Crippen LogP contribution in [0.4, 0.5) is 11.8 Å². The molecule has 0 saturated heterocycles. The molecule has 0 aliphatic heterocycles. The van der Waals surface area contributed by atoms with Crippen LogP contribution in [0.2, 0.25) is 0 Å². The van der Waals surface area contributed by atoms with E-state index in [-0.39, 0.29) is 0 Å². The second kappa shape index (κ2) is 2.90. The Morgan fingerprint density at radius 1 is 1.58 bits per heavy atom. The highest BCUT2D eigenvalue weighted by atomic mass is 79.9. The Balaban J connectivity index is 2.21. The number of hydrogen-bond donors (Lipinski definition) is 2. The van der Waals surface area contributed by atoms with E-state index in [2.05, 4.69) is 31.2 Å². The van der Waals surface area contributed by atoms with Gasteiger partial charge >= 0.3 is 0 Å². The van der Waals surface area contributed by atoms with Crippen molar-refractivity contribution in [1.82, 2.24) is 9.97 Å². The number of halogens is 1. The zero-order chi connectivity index (χ0) is 8.55. The Labute approximate surface area is 78.7 Å². The van der Waals surface area contributed by atoms with Gasteiger partial charge in [-0.1, -0.05) is 0 Å². The second-order valence-electron chi connectivity index (χ2n) is 2.84. The van der Waals surface area contributed by atoms with Crippen LogP contribution in [0.1, 0.15) is 12.8 Å². The van der Waals surface area contributed by atoms with Crippen LogP contribution in [0.5, 0.6) is 0 Å². The highest BCUT2D eigenvalue weighted by molar-refractivity contribution is 9.10. The lowest BCUT2D eigenvalue weighted by Gasteiger charge is -2.05. The molecule has 0 unspecified atom stereocenters. The lowest BCUT2D eigenvalue weighted by Crippen LogP contribution is -2.06. The molecule has 5 heteroatoms. The van der Waals surface area contributed by atoms with Gasteiger partial charge in [-0.3, -0.25) is 0 Å². The minimum atomic E-state index is 0.307. The summed E-state index contributed by atoms with van der Waals surface area (Å²) in [6.45, 7) is 0. The smallest absolute Gasteiger partial charge is 0.221 e. The van der Waals surface area contributed by atoms with Crippen molar-refractivity contribution in [2.75, 3.05) is 11.1 Å². The molecule has 0 amide bonds. The van der Waals surface area contributed by atoms with E-state index in [1.54, 1.807) is 6.20 Å². The van der Waals surface area contributed by atoms with Gasteiger partial charge in [-0.15, -0.1) is 0 Å². The van der Waals surface area contributed by atoms with Crippen molar-refractivity contribution >= 4 is 27.7 Å². The van der Waals surface area contributed by atoms with Gasteiger partial charge in [0.15, 0.2) is 0 Å². The van der Waals surface area contributed by atoms with E-state index in [1.165, 1.54) is 12.8 Å². The van der Waals surface area contributed by atoms with Crippen molar-refractivity contribution in [3.63, 3.8) is 0 Å². The van der Waals surface area contributed by atoms with Crippen molar-refractivity contribution in [2.45, 2.75) is 18.9 Å². The number of nitrogens with one attached hydrogen (secondary N) is 1. The Morgan fingerprint density at radius 2 is 2.33 bits per heavy atom. The van der Waals surface area contributed by atoms with Gasteiger partial charge in [-0.05, 0) is 28.8 Å². The maximum atomic E-state index is 5.44. The number of anilines is 2. The largest absolute Gasteiger partial charge is 0.368 e. The number of aromatic nitrogens is 2.